The smallest absolute Gasteiger partial charge is 0.263 e. The summed E-state index contributed by atoms with van der Waals surface area (Å²) in [5, 5.41) is 4.02. The van der Waals surface area contributed by atoms with Crippen molar-refractivity contribution in [3.63, 3.8) is 0 Å². The van der Waals surface area contributed by atoms with Crippen LogP contribution in [0.1, 0.15) is 17.4 Å². The Kier molecular flexibility index (Phi) is 5.60. The van der Waals surface area contributed by atoms with Gasteiger partial charge in [-0.15, -0.1) is 11.3 Å². The van der Waals surface area contributed by atoms with Gasteiger partial charge < -0.3 is 19.2 Å². The van der Waals surface area contributed by atoms with Crippen LogP contribution in [0.3, 0.4) is 0 Å². The van der Waals surface area contributed by atoms with Gasteiger partial charge in [-0.2, -0.15) is 0 Å². The van der Waals surface area contributed by atoms with Crippen molar-refractivity contribution < 1.29 is 19.1 Å². The van der Waals surface area contributed by atoms with E-state index in [1.54, 1.807) is 23.3 Å². The minimum atomic E-state index is -0.133. The maximum Gasteiger partial charge on any atom is 0.263 e. The monoisotopic (exact) mass is 424 g/mol. The Morgan fingerprint density at radius 2 is 2.12 bits per heavy atom. The molecular weight excluding hydrogens is 408 g/mol. The molecule has 2 heterocycles. The van der Waals surface area contributed by atoms with Crippen LogP contribution in [0, 0.1) is 0 Å². The standard InChI is InChI=1S/C17H17BrN2O4S/c1-11(12-3-5-14-15(7-12)23-10-22-14)19-24-9-17(21)20(2)8-13-4-6-16(18)25-13/h3-7H,8-10H2,1-2H3/b19-11+. The van der Waals surface area contributed by atoms with E-state index in [4.69, 9.17) is 14.3 Å². The molecule has 1 aliphatic rings. The Morgan fingerprint density at radius 3 is 2.88 bits per heavy atom. The molecule has 1 amide bonds. The summed E-state index contributed by atoms with van der Waals surface area (Å²) in [5.74, 6) is 1.27. The van der Waals surface area contributed by atoms with Crippen LogP contribution in [-0.2, 0) is 16.2 Å². The third kappa shape index (κ3) is 4.52. The van der Waals surface area contributed by atoms with Gasteiger partial charge in [-0.1, -0.05) is 5.16 Å². The van der Waals surface area contributed by atoms with E-state index in [1.165, 1.54) is 0 Å². The van der Waals surface area contributed by atoms with Crippen molar-refractivity contribution in [3.05, 3.63) is 44.6 Å². The average molecular weight is 425 g/mol. The number of thiophene rings is 1. The summed E-state index contributed by atoms with van der Waals surface area (Å²) in [7, 11) is 1.74. The van der Waals surface area contributed by atoms with E-state index in [0.29, 0.717) is 18.0 Å². The molecule has 0 bridgehead atoms. The number of ether oxygens (including phenoxy) is 2. The first-order valence-corrected chi connectivity index (χ1v) is 9.18. The van der Waals surface area contributed by atoms with Crippen molar-refractivity contribution in [2.24, 2.45) is 5.16 Å². The molecule has 3 rings (SSSR count). The first-order chi connectivity index (χ1) is 12.0. The average Bonchev–Trinajstić information content (AvgIpc) is 3.22. The van der Waals surface area contributed by atoms with E-state index < -0.39 is 0 Å². The number of halogens is 1. The molecule has 0 saturated heterocycles. The number of benzene rings is 1. The molecule has 0 aliphatic carbocycles. The Balaban J connectivity index is 1.52. The van der Waals surface area contributed by atoms with Gasteiger partial charge in [0.1, 0.15) is 0 Å². The zero-order valence-electron chi connectivity index (χ0n) is 13.8. The lowest BCUT2D eigenvalue weighted by Gasteiger charge is -2.15. The van der Waals surface area contributed by atoms with E-state index in [2.05, 4.69) is 21.1 Å². The summed E-state index contributed by atoms with van der Waals surface area (Å²) in [4.78, 5) is 20.0. The molecule has 0 radical (unpaired) electrons. The molecule has 0 spiro atoms. The van der Waals surface area contributed by atoms with Gasteiger partial charge in [0.2, 0.25) is 6.79 Å². The molecule has 0 saturated carbocycles. The van der Waals surface area contributed by atoms with Crippen LogP contribution >= 0.6 is 27.3 Å². The summed E-state index contributed by atoms with van der Waals surface area (Å²) in [5.41, 5.74) is 1.52. The molecule has 0 N–H and O–H groups in total. The van der Waals surface area contributed by atoms with Gasteiger partial charge >= 0.3 is 0 Å². The highest BCUT2D eigenvalue weighted by Gasteiger charge is 2.15. The Hall–Kier alpha value is -2.06. The lowest BCUT2D eigenvalue weighted by atomic mass is 10.1. The fraction of sp³-hybridized carbons (Fsp3) is 0.294. The van der Waals surface area contributed by atoms with Crippen molar-refractivity contribution in [1.82, 2.24) is 4.90 Å². The van der Waals surface area contributed by atoms with Crippen LogP contribution in [0.15, 0.2) is 39.3 Å². The maximum atomic E-state index is 12.1. The fourth-order valence-electron chi connectivity index (χ4n) is 2.23. The van der Waals surface area contributed by atoms with Gasteiger partial charge in [0.05, 0.1) is 16.0 Å². The number of carbonyl (C=O) groups excluding carboxylic acids is 1. The van der Waals surface area contributed by atoms with Crippen molar-refractivity contribution in [2.75, 3.05) is 20.4 Å². The van der Waals surface area contributed by atoms with Crippen molar-refractivity contribution in [3.8, 4) is 11.5 Å². The highest BCUT2D eigenvalue weighted by molar-refractivity contribution is 9.11. The number of rotatable bonds is 6. The molecule has 0 atom stereocenters. The lowest BCUT2D eigenvalue weighted by Crippen LogP contribution is -2.29. The van der Waals surface area contributed by atoms with Gasteiger partial charge in [0.15, 0.2) is 18.1 Å². The SMILES string of the molecule is C/C(=N\OCC(=O)N(C)Cc1ccc(Br)s1)c1ccc2c(c1)OCO2. The molecular formula is C17H17BrN2O4S. The number of nitrogens with zero attached hydrogens (tertiary/aromatic N) is 2. The van der Waals surface area contributed by atoms with Crippen LogP contribution in [0.4, 0.5) is 0 Å². The summed E-state index contributed by atoms with van der Waals surface area (Å²) in [6, 6.07) is 9.50. The quantitative estimate of drug-likeness (QED) is 0.524. The Labute approximate surface area is 158 Å². The van der Waals surface area contributed by atoms with Gasteiger partial charge in [-0.3, -0.25) is 4.79 Å². The second-order valence-electron chi connectivity index (χ2n) is 5.47. The second kappa shape index (κ2) is 7.88. The number of likely N-dealkylation sites (N-methyl/N-ethyl adjacent to an activating group) is 1. The van der Waals surface area contributed by atoms with Crippen LogP contribution < -0.4 is 9.47 Å². The van der Waals surface area contributed by atoms with E-state index in [-0.39, 0.29) is 19.3 Å². The first-order valence-electron chi connectivity index (χ1n) is 7.57. The zero-order valence-corrected chi connectivity index (χ0v) is 16.2. The van der Waals surface area contributed by atoms with E-state index in [1.807, 2.05) is 37.3 Å². The largest absolute Gasteiger partial charge is 0.454 e. The van der Waals surface area contributed by atoms with E-state index in [9.17, 15) is 4.79 Å². The van der Waals surface area contributed by atoms with E-state index in [0.717, 1.165) is 20.0 Å². The summed E-state index contributed by atoms with van der Waals surface area (Å²) in [6.07, 6.45) is 0. The van der Waals surface area contributed by atoms with Crippen LogP contribution in [0.2, 0.25) is 0 Å². The third-order valence-electron chi connectivity index (χ3n) is 3.63. The highest BCUT2D eigenvalue weighted by Crippen LogP contribution is 2.32. The topological polar surface area (TPSA) is 60.4 Å². The normalized spacial score (nSPS) is 13.0. The fourth-order valence-corrected chi connectivity index (χ4v) is 3.76. The minimum absolute atomic E-state index is 0.106. The number of amides is 1. The number of carbonyl (C=O) groups is 1. The zero-order chi connectivity index (χ0) is 17.8. The summed E-state index contributed by atoms with van der Waals surface area (Å²) < 4.78 is 11.7. The Morgan fingerprint density at radius 1 is 1.32 bits per heavy atom. The number of hydrogen-bond acceptors (Lipinski definition) is 6. The second-order valence-corrected chi connectivity index (χ2v) is 8.02. The van der Waals surface area contributed by atoms with Crippen LogP contribution in [0.25, 0.3) is 0 Å². The van der Waals surface area contributed by atoms with E-state index >= 15 is 0 Å². The summed E-state index contributed by atoms with van der Waals surface area (Å²) >= 11 is 5.02. The lowest BCUT2D eigenvalue weighted by molar-refractivity contribution is -0.135. The molecule has 2 aromatic rings. The summed E-state index contributed by atoms with van der Waals surface area (Å²) in [6.45, 7) is 2.48. The Bertz CT molecular complexity index is 806. The van der Waals surface area contributed by atoms with Gasteiger partial charge in [0.25, 0.3) is 5.91 Å². The number of fused-ring (bicyclic) bond motifs is 1. The number of hydrogen-bond donors (Lipinski definition) is 0. The highest BCUT2D eigenvalue weighted by atomic mass is 79.9. The minimum Gasteiger partial charge on any atom is -0.454 e. The molecule has 1 aromatic carbocycles. The molecule has 1 aromatic heterocycles. The van der Waals surface area contributed by atoms with Crippen LogP contribution in [-0.4, -0.2) is 37.0 Å². The predicted molar refractivity (Wildman–Crippen MR) is 99.2 cm³/mol. The molecule has 25 heavy (non-hydrogen) atoms. The van der Waals surface area contributed by atoms with Gasteiger partial charge in [-0.05, 0) is 53.2 Å². The molecule has 8 heteroatoms. The van der Waals surface area contributed by atoms with Gasteiger partial charge in [0, 0.05) is 17.5 Å². The van der Waals surface area contributed by atoms with Gasteiger partial charge in [-0.25, -0.2) is 0 Å². The third-order valence-corrected chi connectivity index (χ3v) is 5.24. The first kappa shape index (κ1) is 17.8. The van der Waals surface area contributed by atoms with Crippen molar-refractivity contribution in [2.45, 2.75) is 13.5 Å². The number of oxime groups is 1. The molecule has 0 unspecified atom stereocenters. The maximum absolute atomic E-state index is 12.1. The van der Waals surface area contributed by atoms with Crippen LogP contribution in [0.5, 0.6) is 11.5 Å². The molecule has 6 nitrogen and oxygen atoms in total. The molecule has 0 fully saturated rings. The molecule has 132 valence electrons. The van der Waals surface area contributed by atoms with Crippen molar-refractivity contribution >= 4 is 38.9 Å². The van der Waals surface area contributed by atoms with Crippen molar-refractivity contribution in [1.29, 1.82) is 0 Å². The predicted octanol–water partition coefficient (Wildman–Crippen LogP) is 3.64. The molecule has 1 aliphatic heterocycles.